The molecular weight excluding hydrogens is 389 g/mol. The Bertz CT molecular complexity index is 935. The predicted octanol–water partition coefficient (Wildman–Crippen LogP) is 4.58. The lowest BCUT2D eigenvalue weighted by Gasteiger charge is -2.07. The van der Waals surface area contributed by atoms with Crippen molar-refractivity contribution < 1.29 is 22.7 Å². The predicted molar refractivity (Wildman–Crippen MR) is 85.2 cm³/mol. The van der Waals surface area contributed by atoms with Gasteiger partial charge in [-0.2, -0.15) is 13.2 Å². The van der Waals surface area contributed by atoms with Gasteiger partial charge in [0.25, 0.3) is 0 Å². The van der Waals surface area contributed by atoms with Gasteiger partial charge < -0.3 is 9.72 Å². The van der Waals surface area contributed by atoms with E-state index < -0.39 is 17.7 Å². The number of pyridine rings is 1. The average Bonchev–Trinajstić information content (AvgIpc) is 3.00. The van der Waals surface area contributed by atoms with Crippen molar-refractivity contribution in [1.82, 2.24) is 9.97 Å². The minimum atomic E-state index is -4.61. The summed E-state index contributed by atoms with van der Waals surface area (Å²) in [6.07, 6.45) is -3.18. The first-order valence-electron chi connectivity index (χ1n) is 6.75. The van der Waals surface area contributed by atoms with Crippen molar-refractivity contribution in [3.05, 3.63) is 58.0 Å². The molecule has 2 heterocycles. The summed E-state index contributed by atoms with van der Waals surface area (Å²) in [4.78, 5) is 19.0. The molecule has 0 atom stereocenters. The number of benzene rings is 1. The fourth-order valence-electron chi connectivity index (χ4n) is 2.39. The highest BCUT2D eigenvalue weighted by Gasteiger charge is 2.33. The minimum absolute atomic E-state index is 0.211. The summed E-state index contributed by atoms with van der Waals surface area (Å²) in [6, 6.07) is 6.65. The minimum Gasteiger partial charge on any atom is -0.495 e. The van der Waals surface area contributed by atoms with E-state index in [2.05, 4.69) is 25.9 Å². The lowest BCUT2D eigenvalue weighted by molar-refractivity contribution is -0.141. The Morgan fingerprint density at radius 3 is 2.67 bits per heavy atom. The van der Waals surface area contributed by atoms with E-state index in [1.165, 1.54) is 19.4 Å². The van der Waals surface area contributed by atoms with Crippen LogP contribution < -0.4 is 4.74 Å². The number of nitrogens with zero attached hydrogens (tertiary/aromatic N) is 1. The Hall–Kier alpha value is -2.35. The van der Waals surface area contributed by atoms with Crippen LogP contribution in [0.4, 0.5) is 13.2 Å². The maximum atomic E-state index is 12.8. The quantitative estimate of drug-likeness (QED) is 0.656. The molecule has 0 unspecified atom stereocenters. The third-order valence-corrected chi connectivity index (χ3v) is 4.14. The Balaban J connectivity index is 2.13. The number of carbonyl (C=O) groups excluding carboxylic acids is 1. The molecule has 0 spiro atoms. The molecule has 4 nitrogen and oxygen atoms in total. The number of nitrogens with one attached hydrogen (secondary N) is 1. The van der Waals surface area contributed by atoms with Crippen LogP contribution in [0.3, 0.4) is 0 Å². The Morgan fingerprint density at radius 2 is 2.00 bits per heavy atom. The van der Waals surface area contributed by atoms with Gasteiger partial charge in [0, 0.05) is 16.1 Å². The van der Waals surface area contributed by atoms with Gasteiger partial charge in [0.15, 0.2) is 0 Å². The molecule has 0 saturated carbocycles. The van der Waals surface area contributed by atoms with Gasteiger partial charge in [-0.3, -0.25) is 4.79 Å². The lowest BCUT2D eigenvalue weighted by atomic mass is 10.1. The van der Waals surface area contributed by atoms with Crippen molar-refractivity contribution in [2.24, 2.45) is 0 Å². The van der Waals surface area contributed by atoms with Crippen LogP contribution >= 0.6 is 15.9 Å². The summed E-state index contributed by atoms with van der Waals surface area (Å²) in [5.41, 5.74) is -0.602. The molecule has 0 aliphatic heterocycles. The molecule has 3 rings (SSSR count). The molecule has 0 saturated heterocycles. The summed E-state index contributed by atoms with van der Waals surface area (Å²) in [7, 11) is 1.49. The highest BCUT2D eigenvalue weighted by molar-refractivity contribution is 9.10. The summed E-state index contributed by atoms with van der Waals surface area (Å²) < 4.78 is 44.2. The summed E-state index contributed by atoms with van der Waals surface area (Å²) >= 11 is 3.35. The van der Waals surface area contributed by atoms with Crippen LogP contribution in [0, 0.1) is 0 Å². The monoisotopic (exact) mass is 398 g/mol. The van der Waals surface area contributed by atoms with E-state index in [4.69, 9.17) is 4.74 Å². The average molecular weight is 399 g/mol. The number of hydrogen-bond acceptors (Lipinski definition) is 3. The van der Waals surface area contributed by atoms with Crippen LogP contribution in [0.25, 0.3) is 10.9 Å². The number of ether oxygens (including phenoxy) is 1. The second kappa shape index (κ2) is 5.94. The first-order valence-corrected chi connectivity index (χ1v) is 7.54. The number of rotatable bonds is 3. The lowest BCUT2D eigenvalue weighted by Crippen LogP contribution is -2.12. The van der Waals surface area contributed by atoms with Crippen molar-refractivity contribution >= 4 is 32.6 Å². The van der Waals surface area contributed by atoms with Crippen molar-refractivity contribution in [2.45, 2.75) is 6.18 Å². The molecule has 8 heteroatoms. The molecule has 0 fully saturated rings. The fourth-order valence-corrected chi connectivity index (χ4v) is 2.93. The molecule has 3 aromatic rings. The van der Waals surface area contributed by atoms with Crippen LogP contribution in [0.2, 0.25) is 0 Å². The second-order valence-corrected chi connectivity index (χ2v) is 5.79. The van der Waals surface area contributed by atoms with E-state index in [1.807, 2.05) is 0 Å². The van der Waals surface area contributed by atoms with Gasteiger partial charge in [0.05, 0.1) is 18.2 Å². The zero-order valence-electron chi connectivity index (χ0n) is 12.2. The van der Waals surface area contributed by atoms with Crippen molar-refractivity contribution in [2.75, 3.05) is 7.11 Å². The number of hydrogen-bond donors (Lipinski definition) is 1. The van der Waals surface area contributed by atoms with Crippen LogP contribution in [0.5, 0.6) is 5.75 Å². The Kier molecular flexibility index (Phi) is 4.08. The van der Waals surface area contributed by atoms with E-state index in [0.717, 1.165) is 12.1 Å². The second-order valence-electron chi connectivity index (χ2n) is 4.94. The van der Waals surface area contributed by atoms with E-state index in [1.54, 1.807) is 12.1 Å². The smallest absolute Gasteiger partial charge is 0.433 e. The van der Waals surface area contributed by atoms with Gasteiger partial charge in [0.2, 0.25) is 5.78 Å². The molecule has 0 aliphatic rings. The molecule has 0 radical (unpaired) electrons. The van der Waals surface area contributed by atoms with E-state index >= 15 is 0 Å². The van der Waals surface area contributed by atoms with Crippen molar-refractivity contribution in [3.63, 3.8) is 0 Å². The number of aromatic nitrogens is 2. The highest BCUT2D eigenvalue weighted by Crippen LogP contribution is 2.34. The number of halogens is 4. The SMILES string of the molecule is COc1ccc(Br)c2c(C(=O)c3cccc(C(F)(F)F)n3)c[nH]c12. The fraction of sp³-hybridized carbons (Fsp3) is 0.125. The molecule has 1 N–H and O–H groups in total. The molecular formula is C16H10BrF3N2O2. The summed E-state index contributed by atoms with van der Waals surface area (Å²) in [5.74, 6) is -0.0921. The zero-order chi connectivity index (χ0) is 17.5. The van der Waals surface area contributed by atoms with Gasteiger partial charge in [0.1, 0.15) is 17.1 Å². The standard InChI is InChI=1S/C16H10BrF3N2O2/c1-24-11-6-5-9(17)13-8(7-21-14(11)13)15(23)10-3-2-4-12(22-10)16(18,19)20/h2-7,21H,1H3. The van der Waals surface area contributed by atoms with Crippen molar-refractivity contribution in [3.8, 4) is 5.75 Å². The third kappa shape index (κ3) is 2.77. The first kappa shape index (κ1) is 16.5. The van der Waals surface area contributed by atoms with Gasteiger partial charge in [-0.15, -0.1) is 0 Å². The largest absolute Gasteiger partial charge is 0.495 e. The maximum Gasteiger partial charge on any atom is 0.433 e. The van der Waals surface area contributed by atoms with E-state index in [9.17, 15) is 18.0 Å². The van der Waals surface area contributed by atoms with E-state index in [0.29, 0.717) is 21.1 Å². The number of carbonyl (C=O) groups is 1. The van der Waals surface area contributed by atoms with Crippen molar-refractivity contribution in [1.29, 1.82) is 0 Å². The van der Waals surface area contributed by atoms with Crippen LogP contribution in [-0.4, -0.2) is 22.9 Å². The molecule has 124 valence electrons. The van der Waals surface area contributed by atoms with Gasteiger partial charge in [-0.05, 0) is 24.3 Å². The number of fused-ring (bicyclic) bond motifs is 1. The maximum absolute atomic E-state index is 12.8. The molecule has 0 bridgehead atoms. The topological polar surface area (TPSA) is 55.0 Å². The Labute approximate surface area is 142 Å². The molecule has 0 amide bonds. The first-order chi connectivity index (χ1) is 11.3. The summed E-state index contributed by atoms with van der Waals surface area (Å²) in [6.45, 7) is 0. The number of aromatic amines is 1. The zero-order valence-corrected chi connectivity index (χ0v) is 13.8. The van der Waals surface area contributed by atoms with Gasteiger partial charge in [-0.1, -0.05) is 22.0 Å². The number of methoxy groups -OCH3 is 1. The number of ketones is 1. The molecule has 24 heavy (non-hydrogen) atoms. The van der Waals surface area contributed by atoms with E-state index in [-0.39, 0.29) is 11.3 Å². The molecule has 2 aromatic heterocycles. The van der Waals surface area contributed by atoms with Crippen LogP contribution in [0.15, 0.2) is 41.0 Å². The van der Waals surface area contributed by atoms with Gasteiger partial charge in [-0.25, -0.2) is 4.98 Å². The Morgan fingerprint density at radius 1 is 1.25 bits per heavy atom. The number of alkyl halides is 3. The van der Waals surface area contributed by atoms with Crippen LogP contribution in [-0.2, 0) is 6.18 Å². The third-order valence-electron chi connectivity index (χ3n) is 3.48. The molecule has 0 aliphatic carbocycles. The highest BCUT2D eigenvalue weighted by atomic mass is 79.9. The number of H-pyrrole nitrogens is 1. The normalized spacial score (nSPS) is 11.7. The molecule has 1 aromatic carbocycles. The summed E-state index contributed by atoms with van der Waals surface area (Å²) in [5, 5.41) is 0.526. The van der Waals surface area contributed by atoms with Crippen LogP contribution in [0.1, 0.15) is 21.7 Å². The van der Waals surface area contributed by atoms with Gasteiger partial charge >= 0.3 is 6.18 Å².